The van der Waals surface area contributed by atoms with E-state index in [0.717, 1.165) is 45.1 Å². The van der Waals surface area contributed by atoms with E-state index in [1.165, 1.54) is 23.8 Å². The molecule has 8 heteroatoms. The molecule has 0 bridgehead atoms. The van der Waals surface area contributed by atoms with Crippen LogP contribution in [0.25, 0.3) is 44.5 Å². The fraction of sp³-hybridized carbons (Fsp3) is 0.122. The average molecular weight is 651 g/mol. The van der Waals surface area contributed by atoms with Crippen LogP contribution in [-0.4, -0.2) is 26.7 Å². The lowest BCUT2D eigenvalue weighted by molar-refractivity contribution is 0.295. The molecule has 8 rings (SSSR count). The number of fused-ring (bicyclic) bond motifs is 4. The van der Waals surface area contributed by atoms with Crippen molar-refractivity contribution in [1.29, 1.82) is 0 Å². The van der Waals surface area contributed by atoms with Gasteiger partial charge in [-0.3, -0.25) is 4.90 Å². The van der Waals surface area contributed by atoms with Gasteiger partial charge in [-0.2, -0.15) is 0 Å². The second kappa shape index (κ2) is 13.0. The molecule has 6 aromatic rings. The van der Waals surface area contributed by atoms with Crippen LogP contribution in [0.3, 0.4) is 0 Å². The third-order valence-corrected chi connectivity index (χ3v) is 8.83. The molecule has 0 unspecified atom stereocenters. The van der Waals surface area contributed by atoms with Crippen LogP contribution in [0.2, 0.25) is 0 Å². The minimum Gasteiger partial charge on any atom is -0.471 e. The molecule has 0 aliphatic carbocycles. The van der Waals surface area contributed by atoms with Gasteiger partial charge in [-0.1, -0.05) is 84.9 Å². The van der Waals surface area contributed by atoms with Crippen LogP contribution < -0.4 is 4.74 Å². The van der Waals surface area contributed by atoms with E-state index in [1.54, 1.807) is 0 Å². The maximum atomic E-state index is 15.1. The van der Waals surface area contributed by atoms with Crippen molar-refractivity contribution in [2.75, 3.05) is 7.05 Å². The number of ether oxygens (including phenoxy) is 1. The number of halogens is 2. The topological polar surface area (TPSA) is 56.3 Å². The predicted octanol–water partition coefficient (Wildman–Crippen LogP) is 9.49. The van der Waals surface area contributed by atoms with E-state index in [9.17, 15) is 0 Å². The monoisotopic (exact) mass is 650 g/mol. The summed E-state index contributed by atoms with van der Waals surface area (Å²) in [5.41, 5.74) is 6.84. The Labute approximate surface area is 282 Å². The molecule has 5 aromatic carbocycles. The molecule has 242 valence electrons. The van der Waals surface area contributed by atoms with E-state index in [-0.39, 0.29) is 12.1 Å². The maximum absolute atomic E-state index is 15.1. The molecule has 3 heterocycles. The Morgan fingerprint density at radius 2 is 1.45 bits per heavy atom. The normalized spacial score (nSPS) is 11.7. The van der Waals surface area contributed by atoms with Gasteiger partial charge >= 0.3 is 0 Å². The summed E-state index contributed by atoms with van der Waals surface area (Å²) in [6.45, 7) is 1.58. The lowest BCUT2D eigenvalue weighted by Crippen LogP contribution is -2.18. The highest BCUT2D eigenvalue weighted by atomic mass is 19.1. The van der Waals surface area contributed by atoms with Crippen LogP contribution >= 0.6 is 0 Å². The van der Waals surface area contributed by atoms with Gasteiger partial charge in [0.15, 0.2) is 0 Å². The van der Waals surface area contributed by atoms with Gasteiger partial charge in [0.2, 0.25) is 5.88 Å². The van der Waals surface area contributed by atoms with Crippen molar-refractivity contribution in [2.45, 2.75) is 26.2 Å². The molecule has 0 spiro atoms. The second-order valence-electron chi connectivity index (χ2n) is 12.3. The van der Waals surface area contributed by atoms with E-state index in [0.29, 0.717) is 36.0 Å². The Hall–Kier alpha value is -5.86. The quantitative estimate of drug-likeness (QED) is 0.148. The molecule has 2 aliphatic rings. The Morgan fingerprint density at radius 1 is 0.735 bits per heavy atom. The number of hydrogen-bond donors (Lipinski definition) is 0. The van der Waals surface area contributed by atoms with Crippen LogP contribution in [0.5, 0.6) is 5.88 Å². The number of benzene rings is 5. The minimum atomic E-state index is -0.614. The first kappa shape index (κ1) is 30.5. The molecule has 1 aromatic heterocycles. The molecule has 6 nitrogen and oxygen atoms in total. The maximum Gasteiger partial charge on any atom is 0.244 e. The molecule has 0 fully saturated rings. The molecule has 0 atom stereocenters. The third kappa shape index (κ3) is 6.14. The van der Waals surface area contributed by atoms with E-state index in [2.05, 4.69) is 40.3 Å². The summed E-state index contributed by atoms with van der Waals surface area (Å²) in [6, 6.07) is 38.1. The number of furan rings is 1. The standard InChI is InChI=1S/C41H32F2N4O2/c1-46(22-27-11-4-2-5-12-27)23-30-19-32-37(21-31(30)39-20-29-15-8-9-18-38(29)49-39)47(24-33-35(42)16-10-17-36(33)43)25-34-40(32)44-45-41(34)48-26-28-13-6-3-7-14-28/h2-21,25H,22-24,26H2,1H3. The molecular weight excluding hydrogens is 618 g/mol. The molecule has 0 N–H and O–H groups in total. The highest BCUT2D eigenvalue weighted by Gasteiger charge is 2.24. The van der Waals surface area contributed by atoms with Gasteiger partial charge in [-0.15, -0.1) is 10.2 Å². The van der Waals surface area contributed by atoms with Crippen molar-refractivity contribution in [3.63, 3.8) is 0 Å². The molecule has 0 radical (unpaired) electrons. The summed E-state index contributed by atoms with van der Waals surface area (Å²) in [6.07, 6.45) is 1.83. The minimum absolute atomic E-state index is 0.0377. The van der Waals surface area contributed by atoms with Gasteiger partial charge in [-0.05, 0) is 60.1 Å². The van der Waals surface area contributed by atoms with Crippen LogP contribution in [0.15, 0.2) is 132 Å². The van der Waals surface area contributed by atoms with Crippen molar-refractivity contribution in [2.24, 2.45) is 0 Å². The number of aromatic nitrogens is 3. The number of pyridine rings is 1. The Bertz CT molecular complexity index is 2320. The third-order valence-electron chi connectivity index (χ3n) is 8.83. The van der Waals surface area contributed by atoms with E-state index < -0.39 is 11.6 Å². The summed E-state index contributed by atoms with van der Waals surface area (Å²) in [5.74, 6) is -0.170. The summed E-state index contributed by atoms with van der Waals surface area (Å²) in [5, 5.41) is 10.8. The average Bonchev–Trinajstić information content (AvgIpc) is 3.74. The van der Waals surface area contributed by atoms with Gasteiger partial charge in [0.25, 0.3) is 0 Å². The first-order valence-electron chi connectivity index (χ1n) is 16.1. The first-order valence-corrected chi connectivity index (χ1v) is 16.1. The fourth-order valence-electron chi connectivity index (χ4n) is 6.44. The number of nitrogens with zero attached hydrogens (tertiary/aromatic N) is 4. The summed E-state index contributed by atoms with van der Waals surface area (Å²) < 4.78 is 44.6. The van der Waals surface area contributed by atoms with Gasteiger partial charge < -0.3 is 13.7 Å². The van der Waals surface area contributed by atoms with Crippen LogP contribution in [0.1, 0.15) is 22.3 Å². The molecule has 2 aliphatic heterocycles. The molecule has 0 amide bonds. The summed E-state index contributed by atoms with van der Waals surface area (Å²) in [4.78, 5) is 2.25. The first-order chi connectivity index (χ1) is 24.0. The van der Waals surface area contributed by atoms with E-state index >= 15 is 8.78 Å². The van der Waals surface area contributed by atoms with Crippen molar-refractivity contribution >= 4 is 21.9 Å². The smallest absolute Gasteiger partial charge is 0.244 e. The molecular formula is C41H32F2N4O2. The van der Waals surface area contributed by atoms with Gasteiger partial charge in [-0.25, -0.2) is 8.78 Å². The largest absolute Gasteiger partial charge is 0.471 e. The molecule has 49 heavy (non-hydrogen) atoms. The van der Waals surface area contributed by atoms with Crippen LogP contribution in [-0.2, 0) is 26.2 Å². The van der Waals surface area contributed by atoms with E-state index in [4.69, 9.17) is 9.15 Å². The van der Waals surface area contributed by atoms with Crippen LogP contribution in [0, 0.1) is 11.6 Å². The van der Waals surface area contributed by atoms with Crippen molar-refractivity contribution in [3.8, 4) is 28.5 Å². The predicted molar refractivity (Wildman–Crippen MR) is 187 cm³/mol. The number of para-hydroxylation sites is 1. The van der Waals surface area contributed by atoms with Gasteiger partial charge in [0.1, 0.15) is 35.3 Å². The highest BCUT2D eigenvalue weighted by molar-refractivity contribution is 5.98. The Balaban J connectivity index is 1.30. The zero-order valence-electron chi connectivity index (χ0n) is 26.8. The van der Waals surface area contributed by atoms with Crippen molar-refractivity contribution in [3.05, 3.63) is 161 Å². The lowest BCUT2D eigenvalue weighted by atomic mass is 9.97. The number of rotatable bonds is 10. The molecule has 0 saturated carbocycles. The van der Waals surface area contributed by atoms with E-state index in [1.807, 2.05) is 95.7 Å². The van der Waals surface area contributed by atoms with Crippen molar-refractivity contribution in [1.82, 2.24) is 19.7 Å². The molecule has 0 saturated heterocycles. The fourth-order valence-corrected chi connectivity index (χ4v) is 6.44. The van der Waals surface area contributed by atoms with Crippen LogP contribution in [0.4, 0.5) is 8.78 Å². The number of hydrogen-bond acceptors (Lipinski definition) is 5. The van der Waals surface area contributed by atoms with Gasteiger partial charge in [0.05, 0.1) is 17.6 Å². The summed E-state index contributed by atoms with van der Waals surface area (Å²) >= 11 is 0. The van der Waals surface area contributed by atoms with Gasteiger partial charge in [0, 0.05) is 41.2 Å². The highest BCUT2D eigenvalue weighted by Crippen LogP contribution is 2.40. The zero-order valence-corrected chi connectivity index (χ0v) is 26.8. The second-order valence-corrected chi connectivity index (χ2v) is 12.3. The van der Waals surface area contributed by atoms with Crippen molar-refractivity contribution < 1.29 is 17.9 Å². The Morgan fingerprint density at radius 3 is 2.20 bits per heavy atom. The zero-order chi connectivity index (χ0) is 33.3. The Kier molecular flexibility index (Phi) is 8.07. The lowest BCUT2D eigenvalue weighted by Gasteiger charge is -2.21. The summed E-state index contributed by atoms with van der Waals surface area (Å²) in [7, 11) is 2.08. The SMILES string of the molecule is CN(Cc1ccccc1)Cc1cc2c3nnc(OCc4ccccc4)c-3cn(Cc3c(F)cccc3F)c2cc1-c1cc2ccccc2o1.